The molecule has 0 heterocycles. The van der Waals surface area contributed by atoms with Crippen molar-refractivity contribution in [3.05, 3.63) is 99.5 Å². The van der Waals surface area contributed by atoms with Crippen LogP contribution in [0.5, 0.6) is 0 Å². The van der Waals surface area contributed by atoms with Crippen LogP contribution in [0, 0.1) is 0 Å². The molecule has 0 radical (unpaired) electrons. The summed E-state index contributed by atoms with van der Waals surface area (Å²) in [7, 11) is -3.61. The minimum atomic E-state index is -3.61. The molecule has 0 aromatic heterocycles. The lowest BCUT2D eigenvalue weighted by Crippen LogP contribution is -2.50. The van der Waals surface area contributed by atoms with Crippen molar-refractivity contribution in [3.8, 4) is 0 Å². The molecule has 40 heavy (non-hydrogen) atoms. The number of amides is 2. The van der Waals surface area contributed by atoms with Gasteiger partial charge < -0.3 is 10.2 Å². The number of hydrogen-bond donors (Lipinski definition) is 1. The summed E-state index contributed by atoms with van der Waals surface area (Å²) in [6.07, 6.45) is 2.59. The molecule has 0 aliphatic rings. The van der Waals surface area contributed by atoms with Gasteiger partial charge in [-0.15, -0.1) is 0 Å². The first-order valence-corrected chi connectivity index (χ1v) is 16.2. The van der Waals surface area contributed by atoms with E-state index in [-0.39, 0.29) is 37.7 Å². The zero-order valence-electron chi connectivity index (χ0n) is 22.7. The summed E-state index contributed by atoms with van der Waals surface area (Å²) >= 11 is 9.54. The van der Waals surface area contributed by atoms with E-state index in [1.54, 1.807) is 29.2 Å². The highest BCUT2D eigenvalue weighted by molar-refractivity contribution is 9.10. The number of carbonyl (C=O) groups is 2. The summed E-state index contributed by atoms with van der Waals surface area (Å²) < 4.78 is 27.3. The fourth-order valence-electron chi connectivity index (χ4n) is 4.34. The highest BCUT2D eigenvalue weighted by Gasteiger charge is 2.30. The minimum absolute atomic E-state index is 0.0649. The van der Waals surface area contributed by atoms with E-state index in [1.807, 2.05) is 61.5 Å². The largest absolute Gasteiger partial charge is 0.354 e. The van der Waals surface area contributed by atoms with E-state index in [0.29, 0.717) is 23.7 Å². The first-order valence-electron chi connectivity index (χ1n) is 13.2. The molecule has 10 heteroatoms. The van der Waals surface area contributed by atoms with Crippen molar-refractivity contribution in [1.82, 2.24) is 10.2 Å². The Hall–Kier alpha value is -2.88. The summed E-state index contributed by atoms with van der Waals surface area (Å²) in [6, 6.07) is 23.1. The Morgan fingerprint density at radius 2 is 1.68 bits per heavy atom. The standard InChI is InChI=1S/C30H35BrClN3O4S/c1-3-18-33-30(37)28(20-23-9-5-4-6-10-23)34(22-24-14-16-25(31)17-15-24)29(36)13-8-19-35(40(2,38)39)27-12-7-11-26(32)21-27/h4-7,9-12,14-17,21,28H,3,8,13,18-20,22H2,1-2H3,(H,33,37)/t28-/m1/s1. The van der Waals surface area contributed by atoms with E-state index >= 15 is 0 Å². The van der Waals surface area contributed by atoms with E-state index in [4.69, 9.17) is 11.6 Å². The number of benzene rings is 3. The average molecular weight is 649 g/mol. The Labute approximate surface area is 250 Å². The normalized spacial score (nSPS) is 12.0. The van der Waals surface area contributed by atoms with Crippen molar-refractivity contribution < 1.29 is 18.0 Å². The molecule has 3 rings (SSSR count). The lowest BCUT2D eigenvalue weighted by atomic mass is 10.0. The number of rotatable bonds is 14. The number of halogens is 2. The fraction of sp³-hybridized carbons (Fsp3) is 0.333. The second-order valence-corrected chi connectivity index (χ2v) is 12.8. The Bertz CT molecular complexity index is 1370. The maximum atomic E-state index is 13.8. The van der Waals surface area contributed by atoms with Gasteiger partial charge in [-0.05, 0) is 54.3 Å². The van der Waals surface area contributed by atoms with Crippen LogP contribution < -0.4 is 9.62 Å². The molecule has 0 fully saturated rings. The summed E-state index contributed by atoms with van der Waals surface area (Å²) in [5.74, 6) is -0.442. The van der Waals surface area contributed by atoms with Crippen LogP contribution in [0.2, 0.25) is 5.02 Å². The average Bonchev–Trinajstić information content (AvgIpc) is 2.92. The van der Waals surface area contributed by atoms with Crippen molar-refractivity contribution in [3.63, 3.8) is 0 Å². The molecule has 2 amide bonds. The van der Waals surface area contributed by atoms with Gasteiger partial charge in [0, 0.05) is 42.0 Å². The Balaban J connectivity index is 1.86. The minimum Gasteiger partial charge on any atom is -0.354 e. The van der Waals surface area contributed by atoms with Crippen LogP contribution in [0.3, 0.4) is 0 Å². The molecule has 0 bridgehead atoms. The van der Waals surface area contributed by atoms with Crippen molar-refractivity contribution >= 4 is 55.1 Å². The third-order valence-electron chi connectivity index (χ3n) is 6.33. The SMILES string of the molecule is CCCNC(=O)[C@@H](Cc1ccccc1)N(Cc1ccc(Br)cc1)C(=O)CCCN(c1cccc(Cl)c1)S(C)(=O)=O. The zero-order chi connectivity index (χ0) is 29.1. The molecule has 0 unspecified atom stereocenters. The van der Waals surface area contributed by atoms with E-state index in [2.05, 4.69) is 21.2 Å². The number of carbonyl (C=O) groups excluding carboxylic acids is 2. The van der Waals surface area contributed by atoms with E-state index in [1.165, 1.54) is 4.31 Å². The van der Waals surface area contributed by atoms with Crippen molar-refractivity contribution in [2.45, 2.75) is 45.2 Å². The van der Waals surface area contributed by atoms with Gasteiger partial charge in [0.2, 0.25) is 21.8 Å². The second-order valence-electron chi connectivity index (χ2n) is 9.56. The smallest absolute Gasteiger partial charge is 0.243 e. The second kappa shape index (κ2) is 15.2. The number of anilines is 1. The Morgan fingerprint density at radius 1 is 0.975 bits per heavy atom. The van der Waals surface area contributed by atoms with Crippen LogP contribution in [-0.4, -0.2) is 50.5 Å². The molecule has 7 nitrogen and oxygen atoms in total. The molecular weight excluding hydrogens is 614 g/mol. The van der Waals surface area contributed by atoms with Gasteiger partial charge in [0.25, 0.3) is 0 Å². The lowest BCUT2D eigenvalue weighted by Gasteiger charge is -2.32. The quantitative estimate of drug-likeness (QED) is 0.239. The van der Waals surface area contributed by atoms with Gasteiger partial charge in [0.1, 0.15) is 6.04 Å². The van der Waals surface area contributed by atoms with Crippen LogP contribution >= 0.6 is 27.5 Å². The number of sulfonamides is 1. The highest BCUT2D eigenvalue weighted by atomic mass is 79.9. The van der Waals surface area contributed by atoms with E-state index in [9.17, 15) is 18.0 Å². The molecular formula is C30H35BrClN3O4S. The lowest BCUT2D eigenvalue weighted by molar-refractivity contribution is -0.141. The first-order chi connectivity index (χ1) is 19.1. The predicted molar refractivity (Wildman–Crippen MR) is 165 cm³/mol. The Morgan fingerprint density at radius 3 is 2.30 bits per heavy atom. The molecule has 1 N–H and O–H groups in total. The van der Waals surface area contributed by atoms with Crippen LogP contribution in [0.4, 0.5) is 5.69 Å². The van der Waals surface area contributed by atoms with Crippen LogP contribution in [0.25, 0.3) is 0 Å². The van der Waals surface area contributed by atoms with Crippen molar-refractivity contribution in [1.29, 1.82) is 0 Å². The topological polar surface area (TPSA) is 86.8 Å². The van der Waals surface area contributed by atoms with Gasteiger partial charge in [0.15, 0.2) is 0 Å². The van der Waals surface area contributed by atoms with Gasteiger partial charge in [0.05, 0.1) is 11.9 Å². The molecule has 0 aliphatic heterocycles. The molecule has 3 aromatic carbocycles. The van der Waals surface area contributed by atoms with Crippen LogP contribution in [-0.2, 0) is 32.6 Å². The van der Waals surface area contributed by atoms with Gasteiger partial charge >= 0.3 is 0 Å². The van der Waals surface area contributed by atoms with Gasteiger partial charge in [-0.1, -0.05) is 83.0 Å². The highest BCUT2D eigenvalue weighted by Crippen LogP contribution is 2.23. The number of nitrogens with zero attached hydrogens (tertiary/aromatic N) is 2. The molecule has 3 aromatic rings. The summed E-state index contributed by atoms with van der Waals surface area (Å²) in [4.78, 5) is 28.8. The summed E-state index contributed by atoms with van der Waals surface area (Å²) in [6.45, 7) is 2.83. The first kappa shape index (κ1) is 31.6. The third-order valence-corrected chi connectivity index (χ3v) is 8.29. The van der Waals surface area contributed by atoms with Gasteiger partial charge in [-0.3, -0.25) is 13.9 Å². The number of nitrogens with one attached hydrogen (secondary N) is 1. The monoisotopic (exact) mass is 647 g/mol. The molecule has 0 saturated heterocycles. The molecule has 1 atom stereocenters. The Kier molecular flexibility index (Phi) is 12.0. The molecule has 214 valence electrons. The summed E-state index contributed by atoms with van der Waals surface area (Å²) in [5.41, 5.74) is 2.27. The summed E-state index contributed by atoms with van der Waals surface area (Å²) in [5, 5.41) is 3.38. The van der Waals surface area contributed by atoms with Crippen molar-refractivity contribution in [2.75, 3.05) is 23.7 Å². The van der Waals surface area contributed by atoms with Crippen LogP contribution in [0.15, 0.2) is 83.3 Å². The maximum absolute atomic E-state index is 13.8. The van der Waals surface area contributed by atoms with Crippen LogP contribution in [0.1, 0.15) is 37.3 Å². The zero-order valence-corrected chi connectivity index (χ0v) is 25.9. The van der Waals surface area contributed by atoms with Gasteiger partial charge in [-0.25, -0.2) is 8.42 Å². The van der Waals surface area contributed by atoms with Gasteiger partial charge in [-0.2, -0.15) is 0 Å². The third kappa shape index (κ3) is 9.64. The number of hydrogen-bond acceptors (Lipinski definition) is 4. The predicted octanol–water partition coefficient (Wildman–Crippen LogP) is 5.82. The van der Waals surface area contributed by atoms with E-state index < -0.39 is 16.1 Å². The maximum Gasteiger partial charge on any atom is 0.243 e. The van der Waals surface area contributed by atoms with Crippen molar-refractivity contribution in [2.24, 2.45) is 0 Å². The van der Waals surface area contributed by atoms with E-state index in [0.717, 1.165) is 28.3 Å². The molecule has 0 aliphatic carbocycles. The molecule has 0 saturated carbocycles. The fourth-order valence-corrected chi connectivity index (χ4v) is 5.75. The molecule has 0 spiro atoms.